The SMILES string of the molecule is C=C[C@H](CC)[C@H](C)C(=O)Nc1c(C)cc2ccccc2c1-c1c(OC)ccc2ccccc12. The fraction of sp³-hybridized carbons (Fsp3) is 0.233. The normalized spacial score (nSPS) is 13.0. The summed E-state index contributed by atoms with van der Waals surface area (Å²) in [6, 6.07) is 22.8. The summed E-state index contributed by atoms with van der Waals surface area (Å²) >= 11 is 0. The minimum atomic E-state index is -0.180. The second-order valence-electron chi connectivity index (χ2n) is 8.61. The maximum Gasteiger partial charge on any atom is 0.227 e. The lowest BCUT2D eigenvalue weighted by molar-refractivity contribution is -0.120. The van der Waals surface area contributed by atoms with Crippen molar-refractivity contribution in [2.24, 2.45) is 11.8 Å². The number of allylic oxidation sites excluding steroid dienone is 1. The van der Waals surface area contributed by atoms with Crippen molar-refractivity contribution in [3.05, 3.63) is 84.9 Å². The molecule has 0 aliphatic rings. The summed E-state index contributed by atoms with van der Waals surface area (Å²) in [6.45, 7) is 10.0. The number of benzene rings is 4. The molecule has 3 nitrogen and oxygen atoms in total. The molecule has 33 heavy (non-hydrogen) atoms. The fourth-order valence-electron chi connectivity index (χ4n) is 4.74. The van der Waals surface area contributed by atoms with Gasteiger partial charge in [-0.25, -0.2) is 0 Å². The predicted octanol–water partition coefficient (Wildman–Crippen LogP) is 7.76. The molecule has 0 radical (unpaired) electrons. The third kappa shape index (κ3) is 4.11. The van der Waals surface area contributed by atoms with Gasteiger partial charge in [0.15, 0.2) is 0 Å². The molecule has 0 saturated heterocycles. The molecule has 4 aromatic rings. The first-order valence-corrected chi connectivity index (χ1v) is 11.5. The molecule has 0 aliphatic heterocycles. The minimum Gasteiger partial charge on any atom is -0.496 e. The molecule has 0 aliphatic carbocycles. The summed E-state index contributed by atoms with van der Waals surface area (Å²) < 4.78 is 5.85. The molecule has 0 heterocycles. The topological polar surface area (TPSA) is 38.3 Å². The Morgan fingerprint density at radius 2 is 1.64 bits per heavy atom. The zero-order valence-electron chi connectivity index (χ0n) is 19.8. The molecule has 4 rings (SSSR count). The number of hydrogen-bond donors (Lipinski definition) is 1. The lowest BCUT2D eigenvalue weighted by atomic mass is 9.88. The number of aryl methyl sites for hydroxylation is 1. The molecular formula is C30H31NO2. The van der Waals surface area contributed by atoms with Crippen molar-refractivity contribution in [1.82, 2.24) is 0 Å². The second-order valence-corrected chi connectivity index (χ2v) is 8.61. The Hall–Kier alpha value is -3.59. The van der Waals surface area contributed by atoms with E-state index in [4.69, 9.17) is 4.74 Å². The van der Waals surface area contributed by atoms with Crippen molar-refractivity contribution in [2.45, 2.75) is 27.2 Å². The molecule has 2 atom stereocenters. The van der Waals surface area contributed by atoms with Crippen LogP contribution in [0.25, 0.3) is 32.7 Å². The third-order valence-electron chi connectivity index (χ3n) is 6.69. The Labute approximate surface area is 196 Å². The highest BCUT2D eigenvalue weighted by atomic mass is 16.5. The van der Waals surface area contributed by atoms with Crippen LogP contribution >= 0.6 is 0 Å². The van der Waals surface area contributed by atoms with Crippen LogP contribution in [0.2, 0.25) is 0 Å². The number of hydrogen-bond acceptors (Lipinski definition) is 2. The summed E-state index contributed by atoms with van der Waals surface area (Å²) in [5, 5.41) is 7.72. The van der Waals surface area contributed by atoms with Crippen LogP contribution in [0.5, 0.6) is 5.75 Å². The number of fused-ring (bicyclic) bond motifs is 2. The minimum absolute atomic E-state index is 0.000541. The molecule has 4 aromatic carbocycles. The van der Waals surface area contributed by atoms with Gasteiger partial charge in [0.05, 0.1) is 12.8 Å². The number of amides is 1. The molecule has 0 unspecified atom stereocenters. The van der Waals surface area contributed by atoms with Crippen LogP contribution in [0.1, 0.15) is 25.8 Å². The van der Waals surface area contributed by atoms with Crippen molar-refractivity contribution in [1.29, 1.82) is 0 Å². The smallest absolute Gasteiger partial charge is 0.227 e. The molecule has 3 heteroatoms. The number of anilines is 1. The maximum atomic E-state index is 13.4. The van der Waals surface area contributed by atoms with Gasteiger partial charge < -0.3 is 10.1 Å². The van der Waals surface area contributed by atoms with Crippen LogP contribution in [0.15, 0.2) is 79.4 Å². The molecule has 0 saturated carbocycles. The Bertz CT molecular complexity index is 1340. The van der Waals surface area contributed by atoms with Gasteiger partial charge >= 0.3 is 0 Å². The van der Waals surface area contributed by atoms with Gasteiger partial charge in [0.1, 0.15) is 5.75 Å². The summed E-state index contributed by atoms with van der Waals surface area (Å²) in [7, 11) is 1.70. The highest BCUT2D eigenvalue weighted by molar-refractivity contribution is 6.14. The van der Waals surface area contributed by atoms with Gasteiger partial charge in [-0.3, -0.25) is 4.79 Å². The quantitative estimate of drug-likeness (QED) is 0.300. The van der Waals surface area contributed by atoms with Gasteiger partial charge in [-0.05, 0) is 58.5 Å². The zero-order valence-corrected chi connectivity index (χ0v) is 19.8. The number of methoxy groups -OCH3 is 1. The van der Waals surface area contributed by atoms with E-state index in [9.17, 15) is 4.79 Å². The van der Waals surface area contributed by atoms with Crippen LogP contribution in [-0.2, 0) is 4.79 Å². The number of rotatable bonds is 7. The van der Waals surface area contributed by atoms with Crippen LogP contribution in [0.4, 0.5) is 5.69 Å². The highest BCUT2D eigenvalue weighted by Gasteiger charge is 2.24. The Morgan fingerprint density at radius 3 is 2.27 bits per heavy atom. The largest absolute Gasteiger partial charge is 0.496 e. The van der Waals surface area contributed by atoms with E-state index >= 15 is 0 Å². The van der Waals surface area contributed by atoms with Gasteiger partial charge in [0.25, 0.3) is 0 Å². The van der Waals surface area contributed by atoms with Gasteiger partial charge in [-0.1, -0.05) is 74.5 Å². The zero-order chi connectivity index (χ0) is 23.5. The van der Waals surface area contributed by atoms with E-state index in [1.54, 1.807) is 7.11 Å². The van der Waals surface area contributed by atoms with Crippen molar-refractivity contribution < 1.29 is 9.53 Å². The molecule has 0 aromatic heterocycles. The lowest BCUT2D eigenvalue weighted by Gasteiger charge is -2.23. The first-order chi connectivity index (χ1) is 16.0. The highest BCUT2D eigenvalue weighted by Crippen LogP contribution is 2.46. The molecule has 0 spiro atoms. The van der Waals surface area contributed by atoms with E-state index in [1.807, 2.05) is 43.3 Å². The van der Waals surface area contributed by atoms with E-state index in [-0.39, 0.29) is 17.7 Å². The lowest BCUT2D eigenvalue weighted by Crippen LogP contribution is -2.26. The van der Waals surface area contributed by atoms with E-state index in [0.29, 0.717) is 0 Å². The molecule has 0 bridgehead atoms. The molecule has 1 amide bonds. The van der Waals surface area contributed by atoms with Gasteiger partial charge in [0.2, 0.25) is 5.91 Å². The van der Waals surface area contributed by atoms with Crippen LogP contribution in [0.3, 0.4) is 0 Å². The second kappa shape index (κ2) is 9.50. The molecular weight excluding hydrogens is 406 g/mol. The van der Waals surface area contributed by atoms with Gasteiger partial charge in [-0.2, -0.15) is 0 Å². The Kier molecular flexibility index (Phi) is 6.50. The molecule has 168 valence electrons. The van der Waals surface area contributed by atoms with Crippen LogP contribution in [0, 0.1) is 18.8 Å². The van der Waals surface area contributed by atoms with Gasteiger partial charge in [-0.15, -0.1) is 6.58 Å². The Balaban J connectivity index is 2.02. The van der Waals surface area contributed by atoms with E-state index in [2.05, 4.69) is 62.1 Å². The summed E-state index contributed by atoms with van der Waals surface area (Å²) in [4.78, 5) is 13.4. The first kappa shape index (κ1) is 22.6. The van der Waals surface area contributed by atoms with Crippen molar-refractivity contribution in [3.8, 4) is 16.9 Å². The summed E-state index contributed by atoms with van der Waals surface area (Å²) in [6.07, 6.45) is 2.75. The number of nitrogens with one attached hydrogen (secondary N) is 1. The average molecular weight is 438 g/mol. The third-order valence-corrected chi connectivity index (χ3v) is 6.69. The molecule has 0 fully saturated rings. The monoisotopic (exact) mass is 437 g/mol. The van der Waals surface area contributed by atoms with Crippen molar-refractivity contribution in [3.63, 3.8) is 0 Å². The average Bonchev–Trinajstić information content (AvgIpc) is 2.84. The van der Waals surface area contributed by atoms with Crippen molar-refractivity contribution >= 4 is 33.1 Å². The maximum absolute atomic E-state index is 13.4. The standard InChI is InChI=1S/C30H31NO2/c1-6-21(7-2)20(4)30(32)31-29-19(3)18-23-13-9-11-15-25(23)28(29)27-24-14-10-8-12-22(24)16-17-26(27)33-5/h6,8-18,20-21H,1,7H2,2-5H3,(H,31,32)/t20-,21+/m0/s1. The molecule has 1 N–H and O–H groups in total. The van der Waals surface area contributed by atoms with E-state index in [1.165, 1.54) is 0 Å². The van der Waals surface area contributed by atoms with Gasteiger partial charge in [0, 0.05) is 17.0 Å². The number of ether oxygens (including phenoxy) is 1. The van der Waals surface area contributed by atoms with E-state index < -0.39 is 0 Å². The Morgan fingerprint density at radius 1 is 1.00 bits per heavy atom. The number of carbonyl (C=O) groups is 1. The van der Waals surface area contributed by atoms with E-state index in [0.717, 1.165) is 56.1 Å². The first-order valence-electron chi connectivity index (χ1n) is 11.5. The van der Waals surface area contributed by atoms with Crippen molar-refractivity contribution in [2.75, 3.05) is 12.4 Å². The summed E-state index contributed by atoms with van der Waals surface area (Å²) in [5.74, 6) is 0.730. The van der Waals surface area contributed by atoms with Crippen LogP contribution in [-0.4, -0.2) is 13.0 Å². The fourth-order valence-corrected chi connectivity index (χ4v) is 4.74. The van der Waals surface area contributed by atoms with Crippen LogP contribution < -0.4 is 10.1 Å². The predicted molar refractivity (Wildman–Crippen MR) is 140 cm³/mol. The number of carbonyl (C=O) groups excluding carboxylic acids is 1. The summed E-state index contributed by atoms with van der Waals surface area (Å²) in [5.41, 5.74) is 3.84.